The first-order chi connectivity index (χ1) is 7.99. The molecule has 1 saturated heterocycles. The second kappa shape index (κ2) is 7.26. The Balaban J connectivity index is 2.18. The van der Waals surface area contributed by atoms with Crippen LogP contribution in [0.4, 0.5) is 0 Å². The highest BCUT2D eigenvalue weighted by atomic mass is 32.1. The zero-order chi connectivity index (χ0) is 12.8. The lowest BCUT2D eigenvalue weighted by Crippen LogP contribution is -2.47. The van der Waals surface area contributed by atoms with Crippen molar-refractivity contribution >= 4 is 17.2 Å². The third-order valence-electron chi connectivity index (χ3n) is 3.61. The van der Waals surface area contributed by atoms with Gasteiger partial charge in [0.25, 0.3) is 0 Å². The summed E-state index contributed by atoms with van der Waals surface area (Å²) in [5.41, 5.74) is 5.57. The van der Waals surface area contributed by atoms with Crippen LogP contribution in [0, 0.1) is 0 Å². The number of rotatable bonds is 6. The van der Waals surface area contributed by atoms with Crippen molar-refractivity contribution in [3.8, 4) is 0 Å². The largest absolute Gasteiger partial charge is 0.393 e. The van der Waals surface area contributed by atoms with Crippen LogP contribution in [-0.2, 0) is 0 Å². The van der Waals surface area contributed by atoms with Crippen LogP contribution in [-0.4, -0.2) is 79.1 Å². The summed E-state index contributed by atoms with van der Waals surface area (Å²) in [6, 6.07) is 0.444. The molecule has 2 N–H and O–H groups in total. The molecule has 17 heavy (non-hydrogen) atoms. The Labute approximate surface area is 111 Å². The van der Waals surface area contributed by atoms with E-state index >= 15 is 0 Å². The molecule has 4 nitrogen and oxygen atoms in total. The molecule has 1 aliphatic rings. The van der Waals surface area contributed by atoms with Crippen molar-refractivity contribution in [3.63, 3.8) is 0 Å². The van der Waals surface area contributed by atoms with Crippen molar-refractivity contribution in [2.75, 3.05) is 53.4 Å². The Hall–Kier alpha value is -0.230. The second-order valence-corrected chi connectivity index (χ2v) is 5.67. The fraction of sp³-hybridized carbons (Fsp3) is 0.917. The van der Waals surface area contributed by atoms with Crippen LogP contribution in [0.2, 0.25) is 0 Å². The summed E-state index contributed by atoms with van der Waals surface area (Å²) in [5, 5.41) is 0. The Morgan fingerprint density at radius 1 is 1.35 bits per heavy atom. The van der Waals surface area contributed by atoms with E-state index in [1.165, 1.54) is 26.2 Å². The molecule has 0 saturated carbocycles. The fourth-order valence-electron chi connectivity index (χ4n) is 2.04. The SMILES string of the molecule is CC(CC(N)=S)N(C)CCN1CCN(C)CC1. The third-order valence-corrected chi connectivity index (χ3v) is 3.78. The molecule has 0 amide bonds. The summed E-state index contributed by atoms with van der Waals surface area (Å²) in [6.45, 7) is 9.17. The molecule has 1 unspecified atom stereocenters. The van der Waals surface area contributed by atoms with Gasteiger partial charge < -0.3 is 15.5 Å². The Kier molecular flexibility index (Phi) is 6.33. The summed E-state index contributed by atoms with van der Waals surface area (Å²) in [6.07, 6.45) is 0.814. The van der Waals surface area contributed by atoms with Crippen molar-refractivity contribution in [1.82, 2.24) is 14.7 Å². The van der Waals surface area contributed by atoms with Crippen molar-refractivity contribution in [1.29, 1.82) is 0 Å². The molecule has 1 aliphatic heterocycles. The van der Waals surface area contributed by atoms with Crippen molar-refractivity contribution < 1.29 is 0 Å². The van der Waals surface area contributed by atoms with Crippen LogP contribution in [0.5, 0.6) is 0 Å². The van der Waals surface area contributed by atoms with Gasteiger partial charge in [-0.15, -0.1) is 0 Å². The maximum atomic E-state index is 5.57. The zero-order valence-electron chi connectivity index (χ0n) is 11.4. The summed E-state index contributed by atoms with van der Waals surface area (Å²) in [4.78, 5) is 7.88. The molecule has 0 aromatic heterocycles. The molecule has 100 valence electrons. The molecule has 5 heteroatoms. The van der Waals surface area contributed by atoms with Gasteiger partial charge in [0.15, 0.2) is 0 Å². The summed E-state index contributed by atoms with van der Waals surface area (Å²) >= 11 is 4.95. The van der Waals surface area contributed by atoms with Crippen LogP contribution in [0.25, 0.3) is 0 Å². The van der Waals surface area contributed by atoms with Gasteiger partial charge in [-0.2, -0.15) is 0 Å². The van der Waals surface area contributed by atoms with Crippen LogP contribution in [0.3, 0.4) is 0 Å². The van der Waals surface area contributed by atoms with E-state index in [0.717, 1.165) is 19.5 Å². The average molecular weight is 258 g/mol. The molecule has 1 heterocycles. The summed E-state index contributed by atoms with van der Waals surface area (Å²) in [7, 11) is 4.34. The van der Waals surface area contributed by atoms with Gasteiger partial charge >= 0.3 is 0 Å². The highest BCUT2D eigenvalue weighted by molar-refractivity contribution is 7.80. The maximum absolute atomic E-state index is 5.57. The van der Waals surface area contributed by atoms with Gasteiger partial charge in [-0.25, -0.2) is 0 Å². The fourth-order valence-corrected chi connectivity index (χ4v) is 2.28. The average Bonchev–Trinajstić information content (AvgIpc) is 2.27. The maximum Gasteiger partial charge on any atom is 0.0742 e. The predicted octanol–water partition coefficient (Wildman–Crippen LogP) is 0.230. The number of hydrogen-bond acceptors (Lipinski definition) is 4. The lowest BCUT2D eigenvalue weighted by atomic mass is 10.2. The molecule has 0 bridgehead atoms. The molecule has 0 spiro atoms. The van der Waals surface area contributed by atoms with Crippen molar-refractivity contribution in [2.45, 2.75) is 19.4 Å². The molecule has 0 aromatic rings. The lowest BCUT2D eigenvalue weighted by molar-refractivity contribution is 0.133. The van der Waals surface area contributed by atoms with E-state index in [4.69, 9.17) is 18.0 Å². The van der Waals surface area contributed by atoms with E-state index in [-0.39, 0.29) is 0 Å². The number of nitrogens with zero attached hydrogens (tertiary/aromatic N) is 3. The van der Waals surface area contributed by atoms with Crippen molar-refractivity contribution in [3.05, 3.63) is 0 Å². The molecule has 0 radical (unpaired) electrons. The quantitative estimate of drug-likeness (QED) is 0.690. The van der Waals surface area contributed by atoms with Gasteiger partial charge in [-0.05, 0) is 21.0 Å². The van der Waals surface area contributed by atoms with Gasteiger partial charge in [0.05, 0.1) is 4.99 Å². The van der Waals surface area contributed by atoms with Gasteiger partial charge in [0, 0.05) is 51.7 Å². The number of piperazine rings is 1. The zero-order valence-corrected chi connectivity index (χ0v) is 12.2. The Morgan fingerprint density at radius 2 is 1.94 bits per heavy atom. The van der Waals surface area contributed by atoms with E-state index in [0.29, 0.717) is 11.0 Å². The molecule has 1 atom stereocenters. The highest BCUT2D eigenvalue weighted by Crippen LogP contribution is 2.03. The number of nitrogens with two attached hydrogens (primary N) is 1. The van der Waals surface area contributed by atoms with Gasteiger partial charge in [-0.1, -0.05) is 12.2 Å². The number of hydrogen-bond donors (Lipinski definition) is 1. The van der Waals surface area contributed by atoms with Gasteiger partial charge in [0.1, 0.15) is 0 Å². The Bertz CT molecular complexity index is 239. The second-order valence-electron chi connectivity index (χ2n) is 5.14. The lowest BCUT2D eigenvalue weighted by Gasteiger charge is -2.34. The third kappa shape index (κ3) is 5.77. The topological polar surface area (TPSA) is 35.7 Å². The smallest absolute Gasteiger partial charge is 0.0742 e. The van der Waals surface area contributed by atoms with Crippen LogP contribution < -0.4 is 5.73 Å². The van der Waals surface area contributed by atoms with E-state index < -0.39 is 0 Å². The minimum absolute atomic E-state index is 0.444. The summed E-state index contributed by atoms with van der Waals surface area (Å²) in [5.74, 6) is 0. The molecule has 1 rings (SSSR count). The normalized spacial score (nSPS) is 20.7. The standard InChI is InChI=1S/C12H26N4S/c1-11(10-12(13)17)15(3)6-9-16-7-4-14(2)5-8-16/h11H,4-10H2,1-3H3,(H2,13,17). The van der Waals surface area contributed by atoms with Gasteiger partial charge in [0.2, 0.25) is 0 Å². The summed E-state index contributed by atoms with van der Waals surface area (Å²) < 4.78 is 0. The number of likely N-dealkylation sites (N-methyl/N-ethyl adjacent to an activating group) is 2. The molecule has 0 aromatic carbocycles. The van der Waals surface area contributed by atoms with Crippen LogP contribution in [0.1, 0.15) is 13.3 Å². The first-order valence-electron chi connectivity index (χ1n) is 6.38. The molecule has 0 aliphatic carbocycles. The molecule has 1 fully saturated rings. The molecular weight excluding hydrogens is 232 g/mol. The van der Waals surface area contributed by atoms with E-state index in [1.54, 1.807) is 0 Å². The first kappa shape index (κ1) is 14.8. The van der Waals surface area contributed by atoms with E-state index in [1.807, 2.05) is 0 Å². The predicted molar refractivity (Wildman–Crippen MR) is 77.4 cm³/mol. The highest BCUT2D eigenvalue weighted by Gasteiger charge is 2.15. The molecular formula is C12H26N4S. The van der Waals surface area contributed by atoms with Gasteiger partial charge in [-0.3, -0.25) is 4.90 Å². The van der Waals surface area contributed by atoms with Crippen molar-refractivity contribution in [2.24, 2.45) is 5.73 Å². The van der Waals surface area contributed by atoms with E-state index in [9.17, 15) is 0 Å². The first-order valence-corrected chi connectivity index (χ1v) is 6.79. The Morgan fingerprint density at radius 3 is 2.47 bits per heavy atom. The monoisotopic (exact) mass is 258 g/mol. The minimum atomic E-state index is 0.444. The van der Waals surface area contributed by atoms with Crippen LogP contribution >= 0.6 is 12.2 Å². The van der Waals surface area contributed by atoms with E-state index in [2.05, 4.69) is 35.7 Å². The number of thiocarbonyl (C=S) groups is 1. The van der Waals surface area contributed by atoms with Crippen LogP contribution in [0.15, 0.2) is 0 Å². The minimum Gasteiger partial charge on any atom is -0.393 e.